The molecule has 0 spiro atoms. The smallest absolute Gasteiger partial charge is 0.321 e. The van der Waals surface area contributed by atoms with Crippen molar-refractivity contribution < 1.29 is 9.53 Å². The predicted molar refractivity (Wildman–Crippen MR) is 90.2 cm³/mol. The topological polar surface area (TPSA) is 54.5 Å². The lowest BCUT2D eigenvalue weighted by Crippen LogP contribution is -2.33. The zero-order valence-electron chi connectivity index (χ0n) is 12.5. The van der Waals surface area contributed by atoms with Crippen LogP contribution in [0, 0.1) is 5.92 Å². The molecule has 4 rings (SSSR count). The lowest BCUT2D eigenvalue weighted by Gasteiger charge is -2.27. The highest BCUT2D eigenvalue weighted by Crippen LogP contribution is 2.41. The number of para-hydroxylation sites is 1. The van der Waals surface area contributed by atoms with Crippen LogP contribution in [0.3, 0.4) is 0 Å². The SMILES string of the molecule is Cl.O=C(Nc1cccnc1)N1CC2COc3ccccc3C2C1. The van der Waals surface area contributed by atoms with E-state index in [0.717, 1.165) is 24.5 Å². The van der Waals surface area contributed by atoms with Crippen molar-refractivity contribution in [1.82, 2.24) is 9.88 Å². The molecule has 3 heterocycles. The number of carbonyl (C=O) groups excluding carboxylic acids is 1. The van der Waals surface area contributed by atoms with Crippen molar-refractivity contribution in [1.29, 1.82) is 0 Å². The lowest BCUT2D eigenvalue weighted by atomic mass is 9.87. The Kier molecular flexibility index (Phi) is 4.39. The van der Waals surface area contributed by atoms with Crippen LogP contribution in [0.15, 0.2) is 48.8 Å². The Morgan fingerprint density at radius 2 is 2.09 bits per heavy atom. The molecule has 0 aliphatic carbocycles. The second-order valence-corrected chi connectivity index (χ2v) is 5.79. The molecule has 2 aliphatic rings. The van der Waals surface area contributed by atoms with Gasteiger partial charge in [-0.05, 0) is 23.8 Å². The molecular formula is C17H18ClN3O2. The van der Waals surface area contributed by atoms with E-state index >= 15 is 0 Å². The van der Waals surface area contributed by atoms with Crippen LogP contribution in [-0.4, -0.2) is 35.6 Å². The second kappa shape index (κ2) is 6.46. The number of halogens is 1. The summed E-state index contributed by atoms with van der Waals surface area (Å²) >= 11 is 0. The van der Waals surface area contributed by atoms with Crippen molar-refractivity contribution in [3.05, 3.63) is 54.4 Å². The van der Waals surface area contributed by atoms with Gasteiger partial charge in [0.25, 0.3) is 0 Å². The van der Waals surface area contributed by atoms with Gasteiger partial charge in [-0.1, -0.05) is 18.2 Å². The van der Waals surface area contributed by atoms with Gasteiger partial charge in [0.1, 0.15) is 5.75 Å². The molecule has 1 N–H and O–H groups in total. The van der Waals surface area contributed by atoms with Crippen LogP contribution in [0.4, 0.5) is 10.5 Å². The predicted octanol–water partition coefficient (Wildman–Crippen LogP) is 3.14. The molecule has 0 radical (unpaired) electrons. The molecule has 23 heavy (non-hydrogen) atoms. The molecular weight excluding hydrogens is 314 g/mol. The first-order valence-corrected chi connectivity index (χ1v) is 7.49. The maximum atomic E-state index is 12.4. The number of pyridine rings is 1. The van der Waals surface area contributed by atoms with Gasteiger partial charge in [0, 0.05) is 31.1 Å². The van der Waals surface area contributed by atoms with Gasteiger partial charge >= 0.3 is 6.03 Å². The fraction of sp³-hybridized carbons (Fsp3) is 0.294. The Hall–Kier alpha value is -2.27. The van der Waals surface area contributed by atoms with Gasteiger partial charge in [0.05, 0.1) is 18.5 Å². The van der Waals surface area contributed by atoms with Crippen molar-refractivity contribution in [2.24, 2.45) is 5.92 Å². The van der Waals surface area contributed by atoms with Gasteiger partial charge in [-0.3, -0.25) is 4.98 Å². The number of nitrogens with zero attached hydrogens (tertiary/aromatic N) is 2. The number of fused-ring (bicyclic) bond motifs is 3. The standard InChI is InChI=1S/C17H17N3O2.ClH/c21-17(19-13-4-3-7-18-8-13)20-9-12-11-22-16-6-2-1-5-14(16)15(12)10-20;/h1-8,12,15H,9-11H2,(H,19,21);1H. The molecule has 0 saturated carbocycles. The van der Waals surface area contributed by atoms with E-state index in [2.05, 4.69) is 16.4 Å². The highest BCUT2D eigenvalue weighted by atomic mass is 35.5. The summed E-state index contributed by atoms with van der Waals surface area (Å²) in [5.41, 5.74) is 1.94. The maximum Gasteiger partial charge on any atom is 0.321 e. The van der Waals surface area contributed by atoms with Gasteiger partial charge in [-0.15, -0.1) is 12.4 Å². The summed E-state index contributed by atoms with van der Waals surface area (Å²) < 4.78 is 5.82. The average molecular weight is 332 g/mol. The minimum Gasteiger partial charge on any atom is -0.493 e. The Morgan fingerprint density at radius 1 is 1.22 bits per heavy atom. The number of urea groups is 1. The van der Waals surface area contributed by atoms with Crippen LogP contribution in [0.1, 0.15) is 11.5 Å². The van der Waals surface area contributed by atoms with Gasteiger partial charge in [-0.2, -0.15) is 0 Å². The zero-order valence-corrected chi connectivity index (χ0v) is 13.3. The van der Waals surface area contributed by atoms with E-state index in [1.807, 2.05) is 35.2 Å². The molecule has 1 fully saturated rings. The van der Waals surface area contributed by atoms with Gasteiger partial charge in [-0.25, -0.2) is 4.79 Å². The fourth-order valence-corrected chi connectivity index (χ4v) is 3.31. The van der Waals surface area contributed by atoms with E-state index in [4.69, 9.17) is 4.74 Å². The quantitative estimate of drug-likeness (QED) is 0.873. The van der Waals surface area contributed by atoms with Crippen molar-refractivity contribution >= 4 is 24.1 Å². The van der Waals surface area contributed by atoms with Crippen LogP contribution < -0.4 is 10.1 Å². The Labute approximate surface area is 141 Å². The van der Waals surface area contributed by atoms with Crippen molar-refractivity contribution in [3.63, 3.8) is 0 Å². The number of benzene rings is 1. The van der Waals surface area contributed by atoms with Gasteiger partial charge < -0.3 is 15.0 Å². The molecule has 0 bridgehead atoms. The Bertz CT molecular complexity index is 695. The normalized spacial score (nSPS) is 21.5. The molecule has 120 valence electrons. The first kappa shape index (κ1) is 15.6. The molecule has 2 atom stereocenters. The summed E-state index contributed by atoms with van der Waals surface area (Å²) in [6, 6.07) is 11.7. The van der Waals surface area contributed by atoms with Crippen LogP contribution in [0.2, 0.25) is 0 Å². The van der Waals surface area contributed by atoms with Gasteiger partial charge in [0.15, 0.2) is 0 Å². The molecule has 2 aromatic rings. The molecule has 6 heteroatoms. The minimum absolute atomic E-state index is 0. The van der Waals surface area contributed by atoms with Crippen molar-refractivity contribution in [2.45, 2.75) is 5.92 Å². The van der Waals surface area contributed by atoms with Crippen molar-refractivity contribution in [2.75, 3.05) is 25.0 Å². The summed E-state index contributed by atoms with van der Waals surface area (Å²) in [5.74, 6) is 1.69. The van der Waals surface area contributed by atoms with Crippen LogP contribution >= 0.6 is 12.4 Å². The average Bonchev–Trinajstić information content (AvgIpc) is 3.00. The number of anilines is 1. The third-order valence-electron chi connectivity index (χ3n) is 4.41. The molecule has 2 unspecified atom stereocenters. The number of rotatable bonds is 1. The zero-order chi connectivity index (χ0) is 14.9. The van der Waals surface area contributed by atoms with Crippen LogP contribution in [-0.2, 0) is 0 Å². The molecule has 1 aromatic heterocycles. The maximum absolute atomic E-state index is 12.4. The number of carbonyl (C=O) groups is 1. The Balaban J connectivity index is 0.00000156. The monoisotopic (exact) mass is 331 g/mol. The summed E-state index contributed by atoms with van der Waals surface area (Å²) in [6.07, 6.45) is 3.34. The van der Waals surface area contributed by atoms with E-state index < -0.39 is 0 Å². The van der Waals surface area contributed by atoms with Crippen LogP contribution in [0.25, 0.3) is 0 Å². The molecule has 2 amide bonds. The first-order chi connectivity index (χ1) is 10.8. The summed E-state index contributed by atoms with van der Waals surface area (Å²) in [5, 5.41) is 2.90. The van der Waals surface area contributed by atoms with E-state index in [1.165, 1.54) is 5.56 Å². The summed E-state index contributed by atoms with van der Waals surface area (Å²) in [7, 11) is 0. The van der Waals surface area contributed by atoms with E-state index in [-0.39, 0.29) is 18.4 Å². The fourth-order valence-electron chi connectivity index (χ4n) is 3.31. The molecule has 1 saturated heterocycles. The largest absolute Gasteiger partial charge is 0.493 e. The minimum atomic E-state index is -0.0696. The number of hydrogen-bond acceptors (Lipinski definition) is 3. The number of hydrogen-bond donors (Lipinski definition) is 1. The molecule has 2 aliphatic heterocycles. The Morgan fingerprint density at radius 3 is 2.91 bits per heavy atom. The summed E-state index contributed by atoms with van der Waals surface area (Å²) in [4.78, 5) is 18.3. The number of nitrogens with one attached hydrogen (secondary N) is 1. The highest BCUT2D eigenvalue weighted by molar-refractivity contribution is 5.89. The summed E-state index contributed by atoms with van der Waals surface area (Å²) in [6.45, 7) is 2.14. The third-order valence-corrected chi connectivity index (χ3v) is 4.41. The van der Waals surface area contributed by atoms with Gasteiger partial charge in [0.2, 0.25) is 0 Å². The second-order valence-electron chi connectivity index (χ2n) is 5.79. The third kappa shape index (κ3) is 2.97. The lowest BCUT2D eigenvalue weighted by molar-refractivity contribution is 0.207. The van der Waals surface area contributed by atoms with E-state index in [0.29, 0.717) is 18.4 Å². The number of ether oxygens (including phenoxy) is 1. The van der Waals surface area contributed by atoms with E-state index in [1.54, 1.807) is 12.4 Å². The van der Waals surface area contributed by atoms with Crippen LogP contribution in [0.5, 0.6) is 5.75 Å². The number of aromatic nitrogens is 1. The number of amides is 2. The first-order valence-electron chi connectivity index (χ1n) is 7.49. The van der Waals surface area contributed by atoms with E-state index in [9.17, 15) is 4.79 Å². The number of likely N-dealkylation sites (tertiary alicyclic amines) is 1. The highest BCUT2D eigenvalue weighted by Gasteiger charge is 2.40. The molecule has 1 aromatic carbocycles. The van der Waals surface area contributed by atoms with Crippen molar-refractivity contribution in [3.8, 4) is 5.75 Å². The molecule has 5 nitrogen and oxygen atoms in total.